The maximum Gasteiger partial charge on any atom is 0.332 e. The quantitative estimate of drug-likeness (QED) is 0.477. The summed E-state index contributed by atoms with van der Waals surface area (Å²) >= 11 is 1.27. The Labute approximate surface area is 88.3 Å². The topological polar surface area (TPSA) is 52.6 Å². The van der Waals surface area contributed by atoms with Crippen molar-refractivity contribution < 1.29 is 19.1 Å². The van der Waals surface area contributed by atoms with Crippen LogP contribution in [0.3, 0.4) is 0 Å². The molecule has 0 saturated heterocycles. The van der Waals surface area contributed by atoms with Gasteiger partial charge >= 0.3 is 5.97 Å². The van der Waals surface area contributed by atoms with Gasteiger partial charge in [0.1, 0.15) is 6.61 Å². The Hall–Kier alpha value is -0.550. The maximum atomic E-state index is 10.8. The number of thioether (sulfide) groups is 1. The molecule has 0 atom stereocenters. The lowest BCUT2D eigenvalue weighted by Crippen LogP contribution is -2.13. The fourth-order valence-corrected chi connectivity index (χ4v) is 1.28. The molecule has 0 aromatic carbocycles. The van der Waals surface area contributed by atoms with Crippen molar-refractivity contribution in [1.29, 1.82) is 0 Å². The second-order valence-corrected chi connectivity index (χ2v) is 3.82. The van der Waals surface area contributed by atoms with Crippen LogP contribution in [-0.2, 0) is 19.1 Å². The highest BCUT2D eigenvalue weighted by atomic mass is 32.2. The lowest BCUT2D eigenvalue weighted by molar-refractivity contribution is -0.148. The minimum Gasteiger partial charge on any atom is -0.464 e. The molecule has 5 heteroatoms. The monoisotopic (exact) mass is 220 g/mol. The van der Waals surface area contributed by atoms with Crippen LogP contribution in [0, 0.1) is 0 Å². The molecule has 0 aromatic rings. The fraction of sp³-hybridized carbons (Fsp3) is 0.778. The molecule has 14 heavy (non-hydrogen) atoms. The number of hydrogen-bond acceptors (Lipinski definition) is 5. The molecule has 0 heterocycles. The Kier molecular flexibility index (Phi) is 8.67. The van der Waals surface area contributed by atoms with Crippen LogP contribution < -0.4 is 0 Å². The molecule has 82 valence electrons. The molecule has 0 fully saturated rings. The van der Waals surface area contributed by atoms with Gasteiger partial charge in [-0.05, 0) is 13.3 Å². The summed E-state index contributed by atoms with van der Waals surface area (Å²) < 4.78 is 9.69. The Balaban J connectivity index is 3.13. The number of esters is 1. The summed E-state index contributed by atoms with van der Waals surface area (Å²) in [5, 5.41) is 0.107. The number of carbonyl (C=O) groups excluding carboxylic acids is 2. The summed E-state index contributed by atoms with van der Waals surface area (Å²) in [6, 6.07) is 0. The zero-order chi connectivity index (χ0) is 10.8. The van der Waals surface area contributed by atoms with Crippen molar-refractivity contribution in [3.8, 4) is 0 Å². The predicted octanol–water partition coefficient (Wildman–Crippen LogP) is 1.24. The van der Waals surface area contributed by atoms with Crippen molar-refractivity contribution in [2.45, 2.75) is 20.3 Å². The summed E-state index contributed by atoms with van der Waals surface area (Å²) in [6.45, 7) is 4.14. The van der Waals surface area contributed by atoms with Crippen molar-refractivity contribution in [1.82, 2.24) is 0 Å². The van der Waals surface area contributed by atoms with E-state index in [1.54, 1.807) is 6.92 Å². The van der Waals surface area contributed by atoms with Gasteiger partial charge in [-0.2, -0.15) is 0 Å². The normalized spacial score (nSPS) is 9.86. The third-order valence-corrected chi connectivity index (χ3v) is 2.16. The third-order valence-electron chi connectivity index (χ3n) is 1.26. The first-order valence-electron chi connectivity index (χ1n) is 4.53. The van der Waals surface area contributed by atoms with Crippen molar-refractivity contribution in [2.75, 3.05) is 25.6 Å². The van der Waals surface area contributed by atoms with E-state index in [0.717, 1.165) is 12.2 Å². The van der Waals surface area contributed by atoms with Gasteiger partial charge in [0.25, 0.3) is 0 Å². The SMILES string of the molecule is CCOC(=O)COCCCSC(C)=O. The van der Waals surface area contributed by atoms with E-state index in [0.29, 0.717) is 13.2 Å². The van der Waals surface area contributed by atoms with Gasteiger partial charge in [0, 0.05) is 19.3 Å². The lowest BCUT2D eigenvalue weighted by Gasteiger charge is -2.02. The van der Waals surface area contributed by atoms with Gasteiger partial charge in [0.15, 0.2) is 5.12 Å². The molecule has 0 bridgehead atoms. The molecule has 0 unspecified atom stereocenters. The predicted molar refractivity (Wildman–Crippen MR) is 55.2 cm³/mol. The number of carbonyl (C=O) groups is 2. The molecular formula is C9H16O4S. The van der Waals surface area contributed by atoms with Gasteiger partial charge < -0.3 is 9.47 Å². The minimum absolute atomic E-state index is 0.00141. The largest absolute Gasteiger partial charge is 0.464 e. The van der Waals surface area contributed by atoms with Crippen LogP contribution in [-0.4, -0.2) is 36.7 Å². The van der Waals surface area contributed by atoms with Crippen LogP contribution >= 0.6 is 11.8 Å². The van der Waals surface area contributed by atoms with E-state index >= 15 is 0 Å². The average molecular weight is 220 g/mol. The van der Waals surface area contributed by atoms with Crippen LogP contribution in [0.1, 0.15) is 20.3 Å². The fourth-order valence-electron chi connectivity index (χ4n) is 0.735. The highest BCUT2D eigenvalue weighted by Crippen LogP contribution is 2.02. The number of ether oxygens (including phenoxy) is 2. The van der Waals surface area contributed by atoms with Gasteiger partial charge in [0.05, 0.1) is 6.61 Å². The molecule has 4 nitrogen and oxygen atoms in total. The average Bonchev–Trinajstić information content (AvgIpc) is 2.11. The van der Waals surface area contributed by atoms with E-state index in [2.05, 4.69) is 4.74 Å². The summed E-state index contributed by atoms with van der Waals surface area (Å²) in [5.41, 5.74) is 0. The Bertz CT molecular complexity index is 182. The minimum atomic E-state index is -0.341. The second-order valence-electron chi connectivity index (χ2n) is 2.55. The van der Waals surface area contributed by atoms with Crippen LogP contribution in [0.25, 0.3) is 0 Å². The van der Waals surface area contributed by atoms with E-state index in [-0.39, 0.29) is 17.7 Å². The first-order chi connectivity index (χ1) is 6.66. The van der Waals surface area contributed by atoms with Crippen molar-refractivity contribution >= 4 is 22.8 Å². The first-order valence-corrected chi connectivity index (χ1v) is 5.52. The van der Waals surface area contributed by atoms with Crippen LogP contribution in [0.5, 0.6) is 0 Å². The van der Waals surface area contributed by atoms with E-state index in [1.807, 2.05) is 0 Å². The van der Waals surface area contributed by atoms with Gasteiger partial charge in [-0.3, -0.25) is 4.79 Å². The van der Waals surface area contributed by atoms with Gasteiger partial charge in [-0.25, -0.2) is 4.79 Å². The summed E-state index contributed by atoms with van der Waals surface area (Å²) in [7, 11) is 0. The van der Waals surface area contributed by atoms with E-state index in [1.165, 1.54) is 18.7 Å². The molecule has 0 saturated carbocycles. The van der Waals surface area contributed by atoms with Crippen LogP contribution in [0.4, 0.5) is 0 Å². The highest BCUT2D eigenvalue weighted by molar-refractivity contribution is 8.13. The summed E-state index contributed by atoms with van der Waals surface area (Å²) in [5.74, 6) is 0.393. The molecular weight excluding hydrogens is 204 g/mol. The van der Waals surface area contributed by atoms with E-state index in [4.69, 9.17) is 4.74 Å². The Morgan fingerprint density at radius 3 is 2.64 bits per heavy atom. The third kappa shape index (κ3) is 9.54. The molecule has 0 N–H and O–H groups in total. The zero-order valence-electron chi connectivity index (χ0n) is 8.58. The lowest BCUT2D eigenvalue weighted by atomic mass is 10.5. The Morgan fingerprint density at radius 1 is 1.36 bits per heavy atom. The molecule has 0 aromatic heterocycles. The van der Waals surface area contributed by atoms with Crippen molar-refractivity contribution in [3.63, 3.8) is 0 Å². The van der Waals surface area contributed by atoms with Gasteiger partial charge in [-0.1, -0.05) is 11.8 Å². The standard InChI is InChI=1S/C9H16O4S/c1-3-13-9(11)7-12-5-4-6-14-8(2)10/h3-7H2,1-2H3. The van der Waals surface area contributed by atoms with Crippen LogP contribution in [0.15, 0.2) is 0 Å². The molecule has 0 spiro atoms. The number of hydrogen-bond donors (Lipinski definition) is 0. The summed E-state index contributed by atoms with van der Waals surface area (Å²) in [6.07, 6.45) is 0.768. The van der Waals surface area contributed by atoms with Crippen molar-refractivity contribution in [3.05, 3.63) is 0 Å². The summed E-state index contributed by atoms with van der Waals surface area (Å²) in [4.78, 5) is 21.3. The molecule has 0 aliphatic rings. The molecule has 0 aliphatic carbocycles. The smallest absolute Gasteiger partial charge is 0.332 e. The zero-order valence-corrected chi connectivity index (χ0v) is 9.39. The highest BCUT2D eigenvalue weighted by Gasteiger charge is 2.00. The Morgan fingerprint density at radius 2 is 2.07 bits per heavy atom. The number of rotatable bonds is 7. The molecule has 0 rings (SSSR count). The molecule has 0 amide bonds. The first kappa shape index (κ1) is 13.4. The van der Waals surface area contributed by atoms with Crippen molar-refractivity contribution in [2.24, 2.45) is 0 Å². The van der Waals surface area contributed by atoms with E-state index < -0.39 is 0 Å². The second kappa shape index (κ2) is 9.02. The van der Waals surface area contributed by atoms with E-state index in [9.17, 15) is 9.59 Å². The van der Waals surface area contributed by atoms with Gasteiger partial charge in [-0.15, -0.1) is 0 Å². The molecule has 0 radical (unpaired) electrons. The molecule has 0 aliphatic heterocycles. The maximum absolute atomic E-state index is 10.8. The van der Waals surface area contributed by atoms with Crippen LogP contribution in [0.2, 0.25) is 0 Å². The van der Waals surface area contributed by atoms with Gasteiger partial charge in [0.2, 0.25) is 0 Å².